The first-order valence-electron chi connectivity index (χ1n) is 7.53. The molecule has 7 nitrogen and oxygen atoms in total. The smallest absolute Gasteiger partial charge is 0.272 e. The van der Waals surface area contributed by atoms with Crippen molar-refractivity contribution in [1.82, 2.24) is 20.5 Å². The normalized spacial score (nSPS) is 9.88. The van der Waals surface area contributed by atoms with Gasteiger partial charge in [0.1, 0.15) is 0 Å². The predicted molar refractivity (Wildman–Crippen MR) is 91.9 cm³/mol. The van der Waals surface area contributed by atoms with Gasteiger partial charge in [0, 0.05) is 11.9 Å². The maximum absolute atomic E-state index is 12.1. The maximum atomic E-state index is 12.1. The highest BCUT2D eigenvalue weighted by atomic mass is 16.1. The molecule has 0 aliphatic carbocycles. The zero-order valence-electron chi connectivity index (χ0n) is 13.2. The minimum atomic E-state index is -0.317. The average molecular weight is 330 g/mol. The van der Waals surface area contributed by atoms with E-state index in [0.717, 1.165) is 11.4 Å². The number of amides is 1. The Hall–Kier alpha value is -3.79. The molecule has 1 amide bonds. The van der Waals surface area contributed by atoms with Crippen molar-refractivity contribution in [3.05, 3.63) is 77.7 Å². The van der Waals surface area contributed by atoms with E-state index in [-0.39, 0.29) is 11.6 Å². The van der Waals surface area contributed by atoms with E-state index >= 15 is 0 Å². The number of benzene rings is 1. The van der Waals surface area contributed by atoms with E-state index in [2.05, 4.69) is 31.9 Å². The summed E-state index contributed by atoms with van der Waals surface area (Å²) in [5.41, 5.74) is 2.35. The van der Waals surface area contributed by atoms with Crippen LogP contribution in [0.4, 0.5) is 11.5 Å². The Bertz CT molecular complexity index is 886. The van der Waals surface area contributed by atoms with Gasteiger partial charge in [0.25, 0.3) is 5.91 Å². The third kappa shape index (κ3) is 4.36. The predicted octanol–water partition coefficient (Wildman–Crippen LogP) is 2.42. The highest BCUT2D eigenvalue weighted by Crippen LogP contribution is 2.14. The zero-order valence-corrected chi connectivity index (χ0v) is 13.2. The van der Waals surface area contributed by atoms with Crippen LogP contribution in [0.1, 0.15) is 21.7 Å². The highest BCUT2D eigenvalue weighted by molar-refractivity contribution is 5.92. The Morgan fingerprint density at radius 1 is 1.04 bits per heavy atom. The Balaban J connectivity index is 1.59. The van der Waals surface area contributed by atoms with Gasteiger partial charge in [-0.05, 0) is 48.5 Å². The summed E-state index contributed by atoms with van der Waals surface area (Å²) in [6, 6.07) is 17.8. The second kappa shape index (κ2) is 7.66. The van der Waals surface area contributed by atoms with Crippen LogP contribution in [-0.4, -0.2) is 21.1 Å². The molecule has 3 rings (SSSR count). The van der Waals surface area contributed by atoms with E-state index < -0.39 is 0 Å². The number of aromatic nitrogens is 3. The molecule has 3 aromatic rings. The molecule has 1 aromatic carbocycles. The molecular weight excluding hydrogens is 316 g/mol. The van der Waals surface area contributed by atoms with Crippen LogP contribution in [0.5, 0.6) is 0 Å². The molecule has 0 unspecified atom stereocenters. The number of nitriles is 1. The molecule has 0 aliphatic rings. The minimum absolute atomic E-state index is 0.223. The lowest BCUT2D eigenvalue weighted by Crippen LogP contribution is -2.24. The molecule has 2 N–H and O–H groups in total. The summed E-state index contributed by atoms with van der Waals surface area (Å²) in [5, 5.41) is 22.5. The van der Waals surface area contributed by atoms with Crippen molar-refractivity contribution in [2.75, 3.05) is 5.32 Å². The van der Waals surface area contributed by atoms with Gasteiger partial charge in [-0.15, -0.1) is 10.2 Å². The van der Waals surface area contributed by atoms with Gasteiger partial charge in [-0.1, -0.05) is 6.07 Å². The number of hydrogen-bond donors (Lipinski definition) is 2. The maximum Gasteiger partial charge on any atom is 0.272 e. The molecule has 0 radical (unpaired) electrons. The molecular formula is C18H14N6O. The number of carbonyl (C=O) groups excluding carboxylic acids is 1. The van der Waals surface area contributed by atoms with Crippen molar-refractivity contribution in [3.63, 3.8) is 0 Å². The number of carbonyl (C=O) groups is 1. The topological polar surface area (TPSA) is 104 Å². The van der Waals surface area contributed by atoms with Crippen LogP contribution in [0.3, 0.4) is 0 Å². The summed E-state index contributed by atoms with van der Waals surface area (Å²) < 4.78 is 0. The summed E-state index contributed by atoms with van der Waals surface area (Å²) in [7, 11) is 0. The van der Waals surface area contributed by atoms with Gasteiger partial charge in [-0.3, -0.25) is 9.78 Å². The van der Waals surface area contributed by atoms with Gasteiger partial charge in [-0.25, -0.2) is 0 Å². The molecule has 7 heteroatoms. The zero-order chi connectivity index (χ0) is 17.5. The summed E-state index contributed by atoms with van der Waals surface area (Å²) in [5.74, 6) is 0.189. The van der Waals surface area contributed by atoms with Crippen LogP contribution < -0.4 is 10.6 Å². The van der Waals surface area contributed by atoms with Gasteiger partial charge < -0.3 is 10.6 Å². The van der Waals surface area contributed by atoms with E-state index in [1.165, 1.54) is 0 Å². The van der Waals surface area contributed by atoms with Crippen LogP contribution in [0.15, 0.2) is 60.8 Å². The monoisotopic (exact) mass is 330 g/mol. The third-order valence-corrected chi connectivity index (χ3v) is 3.34. The van der Waals surface area contributed by atoms with E-state index in [9.17, 15) is 4.79 Å². The molecule has 0 spiro atoms. The van der Waals surface area contributed by atoms with Crippen LogP contribution in [0, 0.1) is 11.3 Å². The molecule has 122 valence electrons. The van der Waals surface area contributed by atoms with Crippen molar-refractivity contribution < 1.29 is 4.79 Å². The molecule has 0 aliphatic heterocycles. The van der Waals surface area contributed by atoms with Gasteiger partial charge in [0.2, 0.25) is 0 Å². The summed E-state index contributed by atoms with van der Waals surface area (Å²) >= 11 is 0. The van der Waals surface area contributed by atoms with E-state index in [0.29, 0.717) is 17.9 Å². The second-order valence-electron chi connectivity index (χ2n) is 5.12. The van der Waals surface area contributed by atoms with Crippen molar-refractivity contribution in [2.24, 2.45) is 0 Å². The van der Waals surface area contributed by atoms with Gasteiger partial charge in [0.15, 0.2) is 11.5 Å². The van der Waals surface area contributed by atoms with Crippen molar-refractivity contribution in [2.45, 2.75) is 6.54 Å². The van der Waals surface area contributed by atoms with Crippen LogP contribution >= 0.6 is 0 Å². The molecule has 25 heavy (non-hydrogen) atoms. The van der Waals surface area contributed by atoms with Crippen LogP contribution in [0.2, 0.25) is 0 Å². The molecule has 0 saturated carbocycles. The molecule has 2 aromatic heterocycles. The number of anilines is 2. The summed E-state index contributed by atoms with van der Waals surface area (Å²) in [4.78, 5) is 16.2. The lowest BCUT2D eigenvalue weighted by molar-refractivity contribution is 0.0944. The first-order valence-corrected chi connectivity index (χ1v) is 7.53. The van der Waals surface area contributed by atoms with Gasteiger partial charge in [0.05, 0.1) is 23.9 Å². The Morgan fingerprint density at radius 3 is 2.52 bits per heavy atom. The van der Waals surface area contributed by atoms with E-state index in [1.807, 2.05) is 18.2 Å². The minimum Gasteiger partial charge on any atom is -0.345 e. The molecule has 0 bridgehead atoms. The molecule has 0 atom stereocenters. The Labute approximate surface area is 144 Å². The van der Waals surface area contributed by atoms with E-state index in [4.69, 9.17) is 5.26 Å². The Kier molecular flexibility index (Phi) is 4.93. The lowest BCUT2D eigenvalue weighted by Gasteiger charge is -2.06. The fourth-order valence-corrected chi connectivity index (χ4v) is 2.06. The van der Waals surface area contributed by atoms with E-state index in [1.54, 1.807) is 42.6 Å². The fraction of sp³-hybridized carbons (Fsp3) is 0.0556. The number of nitrogens with one attached hydrogen (secondary N) is 2. The van der Waals surface area contributed by atoms with Crippen LogP contribution in [0.25, 0.3) is 0 Å². The molecule has 0 saturated heterocycles. The standard InChI is InChI=1S/C18H14N6O/c19-11-13-4-6-14(7-5-13)22-17-9-8-16(23-24-17)18(25)21-12-15-3-1-2-10-20-15/h1-10H,12H2,(H,21,25)(H,22,24). The number of pyridine rings is 1. The molecule has 2 heterocycles. The van der Waals surface area contributed by atoms with Gasteiger partial charge in [-0.2, -0.15) is 5.26 Å². The van der Waals surface area contributed by atoms with Crippen LogP contribution in [-0.2, 0) is 6.54 Å². The Morgan fingerprint density at radius 2 is 1.88 bits per heavy atom. The first kappa shape index (κ1) is 16.1. The summed E-state index contributed by atoms with van der Waals surface area (Å²) in [6.07, 6.45) is 1.67. The first-order chi connectivity index (χ1) is 12.2. The molecule has 0 fully saturated rings. The van der Waals surface area contributed by atoms with Gasteiger partial charge >= 0.3 is 0 Å². The summed E-state index contributed by atoms with van der Waals surface area (Å²) in [6.45, 7) is 0.326. The lowest BCUT2D eigenvalue weighted by atomic mass is 10.2. The SMILES string of the molecule is N#Cc1ccc(Nc2ccc(C(=O)NCc3ccccn3)nn2)cc1. The number of hydrogen-bond acceptors (Lipinski definition) is 6. The fourth-order valence-electron chi connectivity index (χ4n) is 2.06. The van der Waals surface area contributed by atoms with Crippen molar-refractivity contribution in [3.8, 4) is 6.07 Å². The number of rotatable bonds is 5. The largest absolute Gasteiger partial charge is 0.345 e. The third-order valence-electron chi connectivity index (χ3n) is 3.34. The average Bonchev–Trinajstić information content (AvgIpc) is 2.68. The van der Waals surface area contributed by atoms with Crippen molar-refractivity contribution in [1.29, 1.82) is 5.26 Å². The number of nitrogens with zero attached hydrogens (tertiary/aromatic N) is 4. The quantitative estimate of drug-likeness (QED) is 0.744. The second-order valence-corrected chi connectivity index (χ2v) is 5.12. The highest BCUT2D eigenvalue weighted by Gasteiger charge is 2.08. The van der Waals surface area contributed by atoms with Crippen molar-refractivity contribution >= 4 is 17.4 Å².